The molecule has 3 nitrogen and oxygen atoms in total. The van der Waals surface area contributed by atoms with Crippen LogP contribution in [0, 0.1) is 5.41 Å². The van der Waals surface area contributed by atoms with Gasteiger partial charge in [-0.05, 0) is 45.6 Å². The summed E-state index contributed by atoms with van der Waals surface area (Å²) in [5.41, 5.74) is -0.146. The van der Waals surface area contributed by atoms with Crippen molar-refractivity contribution in [2.45, 2.75) is 59.1 Å². The van der Waals surface area contributed by atoms with E-state index in [1.807, 2.05) is 20.8 Å². The molecular formula is C12H23NO2. The van der Waals surface area contributed by atoms with Gasteiger partial charge in [-0.2, -0.15) is 0 Å². The quantitative estimate of drug-likeness (QED) is 0.678. The molecule has 3 heteroatoms. The lowest BCUT2D eigenvalue weighted by molar-refractivity contribution is -0.159. The number of ether oxygens (including phenoxy) is 1. The van der Waals surface area contributed by atoms with Crippen molar-refractivity contribution < 1.29 is 9.53 Å². The fourth-order valence-electron chi connectivity index (χ4n) is 1.85. The third-order valence-electron chi connectivity index (χ3n) is 2.64. The van der Waals surface area contributed by atoms with Crippen LogP contribution in [0.2, 0.25) is 0 Å². The number of piperidine rings is 1. The summed E-state index contributed by atoms with van der Waals surface area (Å²) in [6.07, 6.45) is 1.98. The lowest BCUT2D eigenvalue weighted by Gasteiger charge is -2.36. The minimum Gasteiger partial charge on any atom is -0.459 e. The van der Waals surface area contributed by atoms with Crippen LogP contribution in [0.3, 0.4) is 0 Å². The average Bonchev–Trinajstić information content (AvgIpc) is 1.99. The zero-order valence-corrected chi connectivity index (χ0v) is 10.5. The van der Waals surface area contributed by atoms with Gasteiger partial charge < -0.3 is 10.1 Å². The number of hydrogen-bond acceptors (Lipinski definition) is 3. The number of carbonyl (C=O) groups excluding carboxylic acids is 1. The fraction of sp³-hybridized carbons (Fsp3) is 0.917. The van der Waals surface area contributed by atoms with Gasteiger partial charge in [0.25, 0.3) is 0 Å². The molecule has 0 aliphatic carbocycles. The molecule has 0 aromatic carbocycles. The van der Waals surface area contributed by atoms with Gasteiger partial charge in [-0.25, -0.2) is 0 Å². The maximum atomic E-state index is 11.8. The molecule has 1 N–H and O–H groups in total. The molecule has 0 bridgehead atoms. The van der Waals surface area contributed by atoms with Gasteiger partial charge in [0.05, 0.1) is 0 Å². The van der Waals surface area contributed by atoms with E-state index in [0.29, 0.717) is 0 Å². The summed E-state index contributed by atoms with van der Waals surface area (Å²) in [4.78, 5) is 11.8. The number of rotatable bonds is 1. The topological polar surface area (TPSA) is 38.3 Å². The molecule has 0 amide bonds. The number of hydrogen-bond donors (Lipinski definition) is 1. The lowest BCUT2D eigenvalue weighted by Crippen LogP contribution is -2.48. The van der Waals surface area contributed by atoms with Crippen molar-refractivity contribution in [2.75, 3.05) is 6.54 Å². The maximum absolute atomic E-state index is 11.8. The van der Waals surface area contributed by atoms with Crippen molar-refractivity contribution in [1.82, 2.24) is 5.32 Å². The Labute approximate surface area is 92.6 Å². The van der Waals surface area contributed by atoms with Gasteiger partial charge in [0, 0.05) is 0 Å². The predicted octanol–water partition coefficient (Wildman–Crippen LogP) is 2.11. The van der Waals surface area contributed by atoms with Crippen LogP contribution in [-0.4, -0.2) is 24.2 Å². The fourth-order valence-corrected chi connectivity index (χ4v) is 1.85. The molecule has 1 aliphatic heterocycles. The molecule has 1 atom stereocenters. The number of esters is 1. The highest BCUT2D eigenvalue weighted by molar-refractivity contribution is 5.76. The Kier molecular flexibility index (Phi) is 3.44. The van der Waals surface area contributed by atoms with E-state index < -0.39 is 0 Å². The summed E-state index contributed by atoms with van der Waals surface area (Å²) in [6.45, 7) is 11.0. The summed E-state index contributed by atoms with van der Waals surface area (Å²) in [7, 11) is 0. The van der Waals surface area contributed by atoms with Crippen LogP contribution in [0.4, 0.5) is 0 Å². The number of nitrogens with one attached hydrogen (secondary N) is 1. The molecule has 0 aromatic rings. The highest BCUT2D eigenvalue weighted by Crippen LogP contribution is 2.30. The Morgan fingerprint density at radius 3 is 2.47 bits per heavy atom. The second kappa shape index (κ2) is 4.12. The van der Waals surface area contributed by atoms with E-state index in [2.05, 4.69) is 19.2 Å². The van der Waals surface area contributed by atoms with E-state index in [1.54, 1.807) is 0 Å². The first-order valence-corrected chi connectivity index (χ1v) is 5.66. The Bertz CT molecular complexity index is 240. The van der Waals surface area contributed by atoms with Gasteiger partial charge in [0.2, 0.25) is 0 Å². The Balaban J connectivity index is 2.53. The first kappa shape index (κ1) is 12.5. The maximum Gasteiger partial charge on any atom is 0.323 e. The first-order valence-electron chi connectivity index (χ1n) is 5.66. The van der Waals surface area contributed by atoms with E-state index >= 15 is 0 Å². The van der Waals surface area contributed by atoms with Gasteiger partial charge in [-0.15, -0.1) is 0 Å². The van der Waals surface area contributed by atoms with Crippen LogP contribution in [0.1, 0.15) is 47.5 Å². The minimum absolute atomic E-state index is 0.115. The van der Waals surface area contributed by atoms with Crippen LogP contribution in [0.5, 0.6) is 0 Å². The molecule has 1 fully saturated rings. The van der Waals surface area contributed by atoms with Crippen molar-refractivity contribution >= 4 is 5.97 Å². The lowest BCUT2D eigenvalue weighted by atomic mass is 9.80. The van der Waals surface area contributed by atoms with Crippen LogP contribution in [0.25, 0.3) is 0 Å². The molecule has 88 valence electrons. The molecular weight excluding hydrogens is 190 g/mol. The van der Waals surface area contributed by atoms with Crippen molar-refractivity contribution in [1.29, 1.82) is 0 Å². The minimum atomic E-state index is -0.389. The van der Waals surface area contributed by atoms with E-state index in [4.69, 9.17) is 4.74 Å². The van der Waals surface area contributed by atoms with E-state index in [1.165, 1.54) is 0 Å². The van der Waals surface area contributed by atoms with Crippen LogP contribution >= 0.6 is 0 Å². The van der Waals surface area contributed by atoms with Gasteiger partial charge in [0.15, 0.2) is 0 Å². The molecule has 15 heavy (non-hydrogen) atoms. The summed E-state index contributed by atoms with van der Waals surface area (Å²) >= 11 is 0. The second-order valence-corrected chi connectivity index (χ2v) is 6.16. The molecule has 1 unspecified atom stereocenters. The Morgan fingerprint density at radius 2 is 2.00 bits per heavy atom. The number of carbonyl (C=O) groups is 1. The SMILES string of the molecule is CC1(C)CCNC(C(=O)OC(C)(C)C)C1. The first-order chi connectivity index (χ1) is 6.70. The average molecular weight is 213 g/mol. The standard InChI is InChI=1S/C12H23NO2/c1-11(2,3)15-10(14)9-8-12(4,5)6-7-13-9/h9,13H,6-8H2,1-5H3. The highest BCUT2D eigenvalue weighted by Gasteiger charge is 2.34. The molecule has 0 aromatic heterocycles. The van der Waals surface area contributed by atoms with E-state index in [9.17, 15) is 4.79 Å². The van der Waals surface area contributed by atoms with Gasteiger partial charge in [-0.1, -0.05) is 13.8 Å². The smallest absolute Gasteiger partial charge is 0.323 e. The Hall–Kier alpha value is -0.570. The van der Waals surface area contributed by atoms with E-state index in [-0.39, 0.29) is 23.0 Å². The molecule has 1 heterocycles. The van der Waals surface area contributed by atoms with E-state index in [0.717, 1.165) is 19.4 Å². The van der Waals surface area contributed by atoms with Gasteiger partial charge in [0.1, 0.15) is 11.6 Å². The summed E-state index contributed by atoms with van der Waals surface area (Å²) in [5, 5.41) is 3.22. The molecule has 0 radical (unpaired) electrons. The van der Waals surface area contributed by atoms with Crippen molar-refractivity contribution in [2.24, 2.45) is 5.41 Å². The van der Waals surface area contributed by atoms with Gasteiger partial charge >= 0.3 is 5.97 Å². The molecule has 1 rings (SSSR count). The summed E-state index contributed by atoms with van der Waals surface area (Å²) in [5.74, 6) is -0.115. The molecule has 0 saturated carbocycles. The predicted molar refractivity (Wildman–Crippen MR) is 60.7 cm³/mol. The van der Waals surface area contributed by atoms with Crippen molar-refractivity contribution in [3.8, 4) is 0 Å². The summed E-state index contributed by atoms with van der Waals surface area (Å²) < 4.78 is 5.37. The summed E-state index contributed by atoms with van der Waals surface area (Å²) in [6, 6.07) is -0.132. The molecule has 1 aliphatic rings. The highest BCUT2D eigenvalue weighted by atomic mass is 16.6. The normalized spacial score (nSPS) is 26.1. The largest absolute Gasteiger partial charge is 0.459 e. The zero-order chi connectivity index (χ0) is 11.7. The molecule has 0 spiro atoms. The monoisotopic (exact) mass is 213 g/mol. The van der Waals surface area contributed by atoms with Crippen molar-refractivity contribution in [3.63, 3.8) is 0 Å². The Morgan fingerprint density at radius 1 is 1.40 bits per heavy atom. The zero-order valence-electron chi connectivity index (χ0n) is 10.5. The second-order valence-electron chi connectivity index (χ2n) is 6.16. The van der Waals surface area contributed by atoms with Crippen LogP contribution in [-0.2, 0) is 9.53 Å². The van der Waals surface area contributed by atoms with Crippen LogP contribution in [0.15, 0.2) is 0 Å². The third kappa shape index (κ3) is 4.20. The third-order valence-corrected chi connectivity index (χ3v) is 2.64. The molecule has 1 saturated heterocycles. The van der Waals surface area contributed by atoms with Gasteiger partial charge in [-0.3, -0.25) is 4.79 Å². The van der Waals surface area contributed by atoms with Crippen molar-refractivity contribution in [3.05, 3.63) is 0 Å². The van der Waals surface area contributed by atoms with Crippen LogP contribution < -0.4 is 5.32 Å².